The summed E-state index contributed by atoms with van der Waals surface area (Å²) in [6, 6.07) is 11.4. The number of carbonyl (C=O) groups excluding carboxylic acids is 1. The molecule has 0 saturated carbocycles. The zero-order chi connectivity index (χ0) is 14.0. The summed E-state index contributed by atoms with van der Waals surface area (Å²) in [5.41, 5.74) is 2.79. The van der Waals surface area contributed by atoms with Gasteiger partial charge in [-0.1, -0.05) is 30.3 Å². The van der Waals surface area contributed by atoms with E-state index in [0.29, 0.717) is 0 Å². The monoisotopic (exact) mass is 259 g/mol. The largest absolute Gasteiger partial charge is 0.467 e. The third-order valence-electron chi connectivity index (χ3n) is 3.15. The van der Waals surface area contributed by atoms with Crippen molar-refractivity contribution in [2.24, 2.45) is 0 Å². The van der Waals surface area contributed by atoms with E-state index in [0.717, 1.165) is 5.56 Å². The van der Waals surface area contributed by atoms with Gasteiger partial charge in [0.15, 0.2) is 0 Å². The molecule has 1 aliphatic rings. The Bertz CT molecular complexity index is 509. The van der Waals surface area contributed by atoms with Crippen molar-refractivity contribution >= 4 is 5.97 Å². The van der Waals surface area contributed by atoms with Crippen LogP contribution in [0.5, 0.6) is 0 Å². The van der Waals surface area contributed by atoms with Crippen LogP contribution in [-0.4, -0.2) is 29.7 Å². The number of hydrazine groups is 1. The van der Waals surface area contributed by atoms with Crippen molar-refractivity contribution in [3.63, 3.8) is 0 Å². The Balaban J connectivity index is 2.36. The molecule has 5 nitrogen and oxygen atoms in total. The first-order valence-corrected chi connectivity index (χ1v) is 6.18. The first-order valence-electron chi connectivity index (χ1n) is 6.18. The summed E-state index contributed by atoms with van der Waals surface area (Å²) < 4.78 is 4.79. The molecular weight excluding hydrogens is 242 g/mol. The highest BCUT2D eigenvalue weighted by Gasteiger charge is 2.71. The third-order valence-corrected chi connectivity index (χ3v) is 3.15. The van der Waals surface area contributed by atoms with E-state index in [4.69, 9.17) is 4.74 Å². The van der Waals surface area contributed by atoms with E-state index in [1.54, 1.807) is 5.01 Å². The van der Waals surface area contributed by atoms with Crippen molar-refractivity contribution in [1.29, 1.82) is 5.26 Å². The average molecular weight is 259 g/mol. The van der Waals surface area contributed by atoms with E-state index in [-0.39, 0.29) is 12.1 Å². The number of esters is 1. The van der Waals surface area contributed by atoms with Crippen LogP contribution in [0.4, 0.5) is 0 Å². The van der Waals surface area contributed by atoms with Gasteiger partial charge in [0.25, 0.3) is 0 Å². The summed E-state index contributed by atoms with van der Waals surface area (Å²) in [5, 5.41) is 11.1. The molecule has 5 heteroatoms. The van der Waals surface area contributed by atoms with Crippen LogP contribution in [0.25, 0.3) is 0 Å². The lowest BCUT2D eigenvalue weighted by atomic mass is 10.0. The van der Waals surface area contributed by atoms with E-state index >= 15 is 0 Å². The van der Waals surface area contributed by atoms with Crippen LogP contribution in [0.1, 0.15) is 25.5 Å². The molecule has 0 aliphatic carbocycles. The summed E-state index contributed by atoms with van der Waals surface area (Å²) in [6.45, 7) is 3.92. The van der Waals surface area contributed by atoms with Gasteiger partial charge in [-0.05, 0) is 19.4 Å². The Morgan fingerprint density at radius 1 is 1.47 bits per heavy atom. The molecule has 1 fully saturated rings. The summed E-state index contributed by atoms with van der Waals surface area (Å²) in [5.74, 6) is -0.531. The van der Waals surface area contributed by atoms with Crippen LogP contribution in [-0.2, 0) is 9.53 Å². The first kappa shape index (κ1) is 13.5. The van der Waals surface area contributed by atoms with Gasteiger partial charge in [-0.3, -0.25) is 0 Å². The van der Waals surface area contributed by atoms with Crippen LogP contribution in [0.15, 0.2) is 30.3 Å². The average Bonchev–Trinajstić information content (AvgIpc) is 3.06. The van der Waals surface area contributed by atoms with Crippen LogP contribution in [0.3, 0.4) is 0 Å². The fourth-order valence-corrected chi connectivity index (χ4v) is 2.30. The maximum atomic E-state index is 12.0. The summed E-state index contributed by atoms with van der Waals surface area (Å²) in [7, 11) is 1.30. The molecule has 0 radical (unpaired) electrons. The van der Waals surface area contributed by atoms with Crippen molar-refractivity contribution in [3.8, 4) is 6.07 Å². The molecule has 0 aromatic heterocycles. The van der Waals surface area contributed by atoms with E-state index in [1.165, 1.54) is 7.11 Å². The SMILES string of the molecule is COC(=O)[C@@]1(C#N)[C@H](c2ccccc2)N1NC(C)C. The minimum atomic E-state index is -1.26. The minimum absolute atomic E-state index is 0.131. The van der Waals surface area contributed by atoms with Gasteiger partial charge < -0.3 is 4.74 Å². The number of methoxy groups -OCH3 is 1. The fourth-order valence-electron chi connectivity index (χ4n) is 2.30. The number of benzene rings is 1. The standard InChI is InChI=1S/C14H17N3O2/c1-10(2)16-17-12(11-7-5-4-6-8-11)14(17,9-15)13(18)19-3/h4-8,10,12,16H,1-3H3/t12-,14+,17?/m0/s1. The molecule has 0 bridgehead atoms. The molecule has 100 valence electrons. The minimum Gasteiger partial charge on any atom is -0.467 e. The highest BCUT2D eigenvalue weighted by molar-refractivity contribution is 5.90. The first-order chi connectivity index (χ1) is 9.07. The molecule has 1 N–H and O–H groups in total. The highest BCUT2D eigenvalue weighted by atomic mass is 16.5. The maximum absolute atomic E-state index is 12.0. The lowest BCUT2D eigenvalue weighted by Crippen LogP contribution is -2.38. The van der Waals surface area contributed by atoms with Gasteiger partial charge in [-0.2, -0.15) is 5.26 Å². The quantitative estimate of drug-likeness (QED) is 0.654. The predicted octanol–water partition coefficient (Wildman–Crippen LogP) is 1.39. The number of nitrogens with one attached hydrogen (secondary N) is 1. The van der Waals surface area contributed by atoms with E-state index in [1.807, 2.05) is 44.2 Å². The summed E-state index contributed by atoms with van der Waals surface area (Å²) >= 11 is 0. The second-order valence-electron chi connectivity index (χ2n) is 4.84. The topological polar surface area (TPSA) is 65.1 Å². The van der Waals surface area contributed by atoms with Crippen LogP contribution in [0, 0.1) is 11.3 Å². The second kappa shape index (κ2) is 5.00. The number of hydrogen-bond acceptors (Lipinski definition) is 5. The molecule has 0 amide bonds. The number of nitriles is 1. The Kier molecular flexibility index (Phi) is 3.56. The number of hydrogen-bond donors (Lipinski definition) is 1. The fraction of sp³-hybridized carbons (Fsp3) is 0.429. The number of nitrogens with zero attached hydrogens (tertiary/aromatic N) is 2. The highest BCUT2D eigenvalue weighted by Crippen LogP contribution is 2.52. The molecule has 1 unspecified atom stereocenters. The number of rotatable bonds is 4. The smallest absolute Gasteiger partial charge is 0.344 e. The van der Waals surface area contributed by atoms with Gasteiger partial charge >= 0.3 is 5.97 Å². The summed E-state index contributed by atoms with van der Waals surface area (Å²) in [4.78, 5) is 12.0. The molecule has 3 atom stereocenters. The van der Waals surface area contributed by atoms with Gasteiger partial charge in [-0.15, -0.1) is 0 Å². The van der Waals surface area contributed by atoms with Gasteiger partial charge in [0.1, 0.15) is 6.07 Å². The Hall–Kier alpha value is -1.90. The molecule has 19 heavy (non-hydrogen) atoms. The number of ether oxygens (including phenoxy) is 1. The normalized spacial score (nSPS) is 28.8. The van der Waals surface area contributed by atoms with Gasteiger partial charge in [-0.25, -0.2) is 15.2 Å². The second-order valence-corrected chi connectivity index (χ2v) is 4.84. The van der Waals surface area contributed by atoms with Crippen LogP contribution >= 0.6 is 0 Å². The van der Waals surface area contributed by atoms with Gasteiger partial charge in [0.05, 0.1) is 13.2 Å². The van der Waals surface area contributed by atoms with Crippen molar-refractivity contribution in [1.82, 2.24) is 10.4 Å². The molecule has 0 spiro atoms. The van der Waals surface area contributed by atoms with Gasteiger partial charge in [0.2, 0.25) is 5.54 Å². The molecule has 2 rings (SSSR count). The van der Waals surface area contributed by atoms with Crippen molar-refractivity contribution in [2.75, 3.05) is 7.11 Å². The van der Waals surface area contributed by atoms with Crippen molar-refractivity contribution < 1.29 is 9.53 Å². The van der Waals surface area contributed by atoms with Crippen molar-refractivity contribution in [2.45, 2.75) is 31.5 Å². The third kappa shape index (κ3) is 2.09. The zero-order valence-corrected chi connectivity index (χ0v) is 11.3. The Labute approximate surface area is 112 Å². The molecule has 1 saturated heterocycles. The molecule has 1 aromatic rings. The van der Waals surface area contributed by atoms with E-state index in [9.17, 15) is 10.1 Å². The molecule has 1 aliphatic heterocycles. The van der Waals surface area contributed by atoms with Crippen molar-refractivity contribution in [3.05, 3.63) is 35.9 Å². The van der Waals surface area contributed by atoms with E-state index < -0.39 is 11.5 Å². The molecule has 1 heterocycles. The molecular formula is C14H17N3O2. The Morgan fingerprint density at radius 3 is 2.58 bits per heavy atom. The maximum Gasteiger partial charge on any atom is 0.344 e. The predicted molar refractivity (Wildman–Crippen MR) is 69.7 cm³/mol. The lowest BCUT2D eigenvalue weighted by Gasteiger charge is -2.11. The molecule has 1 aromatic carbocycles. The van der Waals surface area contributed by atoms with Crippen LogP contribution in [0.2, 0.25) is 0 Å². The summed E-state index contributed by atoms with van der Waals surface area (Å²) in [6.07, 6.45) is 0. The van der Waals surface area contributed by atoms with Crippen LogP contribution < -0.4 is 5.43 Å². The Morgan fingerprint density at radius 2 is 2.11 bits per heavy atom. The van der Waals surface area contributed by atoms with Gasteiger partial charge in [0, 0.05) is 6.04 Å². The lowest BCUT2D eigenvalue weighted by molar-refractivity contribution is -0.143. The zero-order valence-electron chi connectivity index (χ0n) is 11.3. The van der Waals surface area contributed by atoms with E-state index in [2.05, 4.69) is 11.5 Å². The number of carbonyl (C=O) groups is 1.